The Hall–Kier alpha value is -1.52. The Labute approximate surface area is 101 Å². The van der Waals surface area contributed by atoms with E-state index < -0.39 is 0 Å². The molecule has 0 amide bonds. The summed E-state index contributed by atoms with van der Waals surface area (Å²) in [5.41, 5.74) is 3.93. The van der Waals surface area contributed by atoms with Crippen LogP contribution in [0.3, 0.4) is 0 Å². The Kier molecular flexibility index (Phi) is 2.52. The summed E-state index contributed by atoms with van der Waals surface area (Å²) < 4.78 is 0. The van der Waals surface area contributed by atoms with E-state index in [1.54, 1.807) is 22.7 Å². The van der Waals surface area contributed by atoms with Gasteiger partial charge in [-0.2, -0.15) is 0 Å². The zero-order valence-corrected chi connectivity index (χ0v) is 9.96. The van der Waals surface area contributed by atoms with Crippen LogP contribution in [0.5, 0.6) is 0 Å². The van der Waals surface area contributed by atoms with Gasteiger partial charge < -0.3 is 0 Å². The maximum absolute atomic E-state index is 4.34. The summed E-state index contributed by atoms with van der Waals surface area (Å²) in [6.07, 6.45) is 1.82. The zero-order valence-electron chi connectivity index (χ0n) is 8.33. The van der Waals surface area contributed by atoms with Gasteiger partial charge >= 0.3 is 0 Å². The summed E-state index contributed by atoms with van der Waals surface area (Å²) in [7, 11) is 0. The van der Waals surface area contributed by atoms with Crippen LogP contribution in [-0.4, -0.2) is 9.97 Å². The third kappa shape index (κ3) is 1.77. The molecule has 3 aromatic rings. The van der Waals surface area contributed by atoms with Gasteiger partial charge in [0.2, 0.25) is 0 Å². The van der Waals surface area contributed by atoms with E-state index in [-0.39, 0.29) is 0 Å². The molecule has 0 saturated carbocycles. The standard InChI is InChI=1S/C12H8N2S2/c1-2-6-13-9(3-1)11-4-5-12(16-11)10-7-15-8-14-10/h1-8H. The molecule has 0 radical (unpaired) electrons. The average Bonchev–Trinajstić information content (AvgIpc) is 3.01. The quantitative estimate of drug-likeness (QED) is 0.682. The predicted molar refractivity (Wildman–Crippen MR) is 68.7 cm³/mol. The number of thiazole rings is 1. The smallest absolute Gasteiger partial charge is 0.0911 e. The van der Waals surface area contributed by atoms with Gasteiger partial charge in [0.05, 0.1) is 26.7 Å². The van der Waals surface area contributed by atoms with Crippen molar-refractivity contribution in [2.75, 3.05) is 0 Å². The maximum Gasteiger partial charge on any atom is 0.0911 e. The topological polar surface area (TPSA) is 25.8 Å². The molecule has 0 unspecified atom stereocenters. The molecule has 2 nitrogen and oxygen atoms in total. The SMILES string of the molecule is c1ccc(-c2ccc(-c3cscn3)s2)nc1. The van der Waals surface area contributed by atoms with Crippen LogP contribution in [0.1, 0.15) is 0 Å². The summed E-state index contributed by atoms with van der Waals surface area (Å²) in [5, 5.41) is 2.06. The molecule has 0 saturated heterocycles. The zero-order chi connectivity index (χ0) is 10.8. The molecule has 0 aliphatic rings. The van der Waals surface area contributed by atoms with Gasteiger partial charge in [0.1, 0.15) is 0 Å². The lowest BCUT2D eigenvalue weighted by Gasteiger charge is -1.93. The van der Waals surface area contributed by atoms with Crippen LogP contribution in [-0.2, 0) is 0 Å². The molecule has 4 heteroatoms. The molecule has 0 spiro atoms. The van der Waals surface area contributed by atoms with Crippen LogP contribution < -0.4 is 0 Å². The molecular weight excluding hydrogens is 236 g/mol. The van der Waals surface area contributed by atoms with E-state index in [1.807, 2.05) is 29.9 Å². The predicted octanol–water partition coefficient (Wildman–Crippen LogP) is 3.93. The Morgan fingerprint density at radius 3 is 2.44 bits per heavy atom. The maximum atomic E-state index is 4.34. The molecule has 0 aromatic carbocycles. The fourth-order valence-electron chi connectivity index (χ4n) is 1.46. The molecule has 16 heavy (non-hydrogen) atoms. The number of nitrogens with zero attached hydrogens (tertiary/aromatic N) is 2. The molecule has 0 atom stereocenters. The lowest BCUT2D eigenvalue weighted by molar-refractivity contribution is 1.34. The normalized spacial score (nSPS) is 10.5. The molecule has 0 bridgehead atoms. The van der Waals surface area contributed by atoms with Crippen molar-refractivity contribution in [1.29, 1.82) is 0 Å². The monoisotopic (exact) mass is 244 g/mol. The first-order valence-corrected chi connectivity index (χ1v) is 6.59. The average molecular weight is 244 g/mol. The van der Waals surface area contributed by atoms with Gasteiger partial charge in [0.25, 0.3) is 0 Å². The van der Waals surface area contributed by atoms with Crippen LogP contribution in [0.25, 0.3) is 21.1 Å². The van der Waals surface area contributed by atoms with E-state index in [2.05, 4.69) is 27.5 Å². The second-order valence-corrected chi connectivity index (χ2v) is 5.06. The molecule has 3 aromatic heterocycles. The number of hydrogen-bond donors (Lipinski definition) is 0. The number of hydrogen-bond acceptors (Lipinski definition) is 4. The third-order valence-electron chi connectivity index (χ3n) is 2.21. The Morgan fingerprint density at radius 2 is 1.75 bits per heavy atom. The van der Waals surface area contributed by atoms with Crippen molar-refractivity contribution in [2.45, 2.75) is 0 Å². The van der Waals surface area contributed by atoms with Gasteiger partial charge in [0.15, 0.2) is 0 Å². The first-order valence-electron chi connectivity index (χ1n) is 4.83. The van der Waals surface area contributed by atoms with E-state index in [0.29, 0.717) is 0 Å². The van der Waals surface area contributed by atoms with Gasteiger partial charge in [-0.25, -0.2) is 4.98 Å². The van der Waals surface area contributed by atoms with E-state index in [1.165, 1.54) is 9.75 Å². The van der Waals surface area contributed by atoms with E-state index in [9.17, 15) is 0 Å². The Morgan fingerprint density at radius 1 is 0.875 bits per heavy atom. The minimum Gasteiger partial charge on any atom is -0.255 e. The van der Waals surface area contributed by atoms with Crippen molar-refractivity contribution in [3.05, 3.63) is 47.4 Å². The molecule has 0 fully saturated rings. The Balaban J connectivity index is 2.00. The highest BCUT2D eigenvalue weighted by atomic mass is 32.1. The fourth-order valence-corrected chi connectivity index (χ4v) is 3.03. The van der Waals surface area contributed by atoms with Gasteiger partial charge in [-0.15, -0.1) is 22.7 Å². The van der Waals surface area contributed by atoms with E-state index >= 15 is 0 Å². The third-order valence-corrected chi connectivity index (χ3v) is 3.92. The second kappa shape index (κ2) is 4.15. The first kappa shape index (κ1) is 9.69. The minimum atomic E-state index is 1.02. The number of pyridine rings is 1. The minimum absolute atomic E-state index is 1.02. The van der Waals surface area contributed by atoms with E-state index in [0.717, 1.165) is 11.4 Å². The van der Waals surface area contributed by atoms with Crippen molar-refractivity contribution in [2.24, 2.45) is 0 Å². The fraction of sp³-hybridized carbons (Fsp3) is 0. The molecule has 0 aliphatic carbocycles. The van der Waals surface area contributed by atoms with Gasteiger partial charge in [0, 0.05) is 11.6 Å². The van der Waals surface area contributed by atoms with E-state index in [4.69, 9.17) is 0 Å². The van der Waals surface area contributed by atoms with Crippen LogP contribution in [0.2, 0.25) is 0 Å². The largest absolute Gasteiger partial charge is 0.255 e. The number of rotatable bonds is 2. The molecule has 0 N–H and O–H groups in total. The van der Waals surface area contributed by atoms with Crippen molar-refractivity contribution in [3.8, 4) is 21.1 Å². The van der Waals surface area contributed by atoms with Gasteiger partial charge in [-0.05, 0) is 24.3 Å². The first-order chi connectivity index (χ1) is 7.93. The van der Waals surface area contributed by atoms with Gasteiger partial charge in [-0.1, -0.05) is 6.07 Å². The van der Waals surface area contributed by atoms with Crippen molar-refractivity contribution >= 4 is 22.7 Å². The van der Waals surface area contributed by atoms with Gasteiger partial charge in [-0.3, -0.25) is 4.98 Å². The molecule has 3 heterocycles. The molecule has 0 aliphatic heterocycles. The summed E-state index contributed by atoms with van der Waals surface area (Å²) in [4.78, 5) is 11.0. The summed E-state index contributed by atoms with van der Waals surface area (Å²) in [6.45, 7) is 0. The van der Waals surface area contributed by atoms with Crippen LogP contribution in [0.4, 0.5) is 0 Å². The van der Waals surface area contributed by atoms with Crippen LogP contribution in [0, 0.1) is 0 Å². The highest BCUT2D eigenvalue weighted by Crippen LogP contribution is 2.32. The summed E-state index contributed by atoms with van der Waals surface area (Å²) in [5.74, 6) is 0. The number of thiophene rings is 1. The Bertz CT molecular complexity index is 570. The van der Waals surface area contributed by atoms with Crippen LogP contribution >= 0.6 is 22.7 Å². The van der Waals surface area contributed by atoms with Crippen molar-refractivity contribution in [1.82, 2.24) is 9.97 Å². The van der Waals surface area contributed by atoms with Crippen molar-refractivity contribution < 1.29 is 0 Å². The summed E-state index contributed by atoms with van der Waals surface area (Å²) in [6, 6.07) is 10.2. The lowest BCUT2D eigenvalue weighted by atomic mass is 10.3. The molecule has 78 valence electrons. The van der Waals surface area contributed by atoms with Crippen LogP contribution in [0.15, 0.2) is 47.4 Å². The lowest BCUT2D eigenvalue weighted by Crippen LogP contribution is -1.75. The van der Waals surface area contributed by atoms with Crippen molar-refractivity contribution in [3.63, 3.8) is 0 Å². The summed E-state index contributed by atoms with van der Waals surface area (Å²) >= 11 is 3.34. The molecular formula is C12H8N2S2. The molecule has 3 rings (SSSR count). The second-order valence-electron chi connectivity index (χ2n) is 3.25. The highest BCUT2D eigenvalue weighted by Gasteiger charge is 2.06. The number of aromatic nitrogens is 2. The highest BCUT2D eigenvalue weighted by molar-refractivity contribution is 7.19.